The van der Waals surface area contributed by atoms with Crippen molar-refractivity contribution >= 4 is 34.6 Å². The zero-order chi connectivity index (χ0) is 10.1. The molecule has 0 bridgehead atoms. The van der Waals surface area contributed by atoms with Gasteiger partial charge in [0.05, 0.1) is 6.34 Å². The monoisotopic (exact) mass is 290 g/mol. The number of benzene rings is 1. The first kappa shape index (κ1) is 12.4. The van der Waals surface area contributed by atoms with Crippen LogP contribution in [0.4, 0.5) is 5.69 Å². The first-order valence-electron chi connectivity index (χ1n) is 3.95. The summed E-state index contributed by atoms with van der Waals surface area (Å²) in [7, 11) is 1.74. The molecule has 1 N–H and O–H groups in total. The van der Waals surface area contributed by atoms with Crippen molar-refractivity contribution < 1.29 is 0 Å². The van der Waals surface area contributed by atoms with Crippen molar-refractivity contribution in [3.63, 3.8) is 0 Å². The minimum atomic E-state index is 1.11. The van der Waals surface area contributed by atoms with Gasteiger partial charge in [0, 0.05) is 12.7 Å². The molecule has 1 aromatic carbocycles. The molecule has 0 radical (unpaired) electrons. The Labute approximate surface area is 93.6 Å². The molecule has 0 spiro atoms. The van der Waals surface area contributed by atoms with Crippen LogP contribution in [0.5, 0.6) is 0 Å². The first-order chi connectivity index (χ1) is 6.34. The predicted molar refractivity (Wildman–Crippen MR) is 69.2 cm³/mol. The molecule has 0 aliphatic heterocycles. The normalized spacial score (nSPS) is 9.23. The van der Waals surface area contributed by atoms with Crippen molar-refractivity contribution in [3.05, 3.63) is 29.8 Å². The number of halogens is 1. The van der Waals surface area contributed by atoms with Gasteiger partial charge in [-0.15, -0.1) is 0 Å². The number of nitrogens with zero attached hydrogens (tertiary/aromatic N) is 1. The average molecular weight is 290 g/mol. The number of hydrogen-bond acceptors (Lipinski definition) is 1. The highest BCUT2D eigenvalue weighted by Gasteiger charge is 1.90. The zero-order valence-electron chi connectivity index (χ0n) is 8.21. The molecule has 13 heavy (non-hydrogen) atoms. The smallest absolute Gasteiger partial charge is 0.0864 e. The van der Waals surface area contributed by atoms with Gasteiger partial charge in [-0.2, -0.15) is 0 Å². The number of hydrogen-bond donors (Lipinski definition) is 1. The van der Waals surface area contributed by atoms with Gasteiger partial charge in [0.1, 0.15) is 0 Å². The van der Waals surface area contributed by atoms with E-state index in [4.69, 9.17) is 0 Å². The minimum absolute atomic E-state index is 1.11. The summed E-state index contributed by atoms with van der Waals surface area (Å²) >= 11 is 2.15. The van der Waals surface area contributed by atoms with Crippen LogP contribution in [0.1, 0.15) is 5.56 Å². The number of alkyl halides is 1. The summed E-state index contributed by atoms with van der Waals surface area (Å²) in [4.78, 5) is 5.81. The van der Waals surface area contributed by atoms with Crippen LogP contribution in [0.2, 0.25) is 0 Å². The molecule has 0 fully saturated rings. The Hall–Kier alpha value is -0.580. The van der Waals surface area contributed by atoms with E-state index >= 15 is 0 Å². The van der Waals surface area contributed by atoms with Gasteiger partial charge >= 0.3 is 0 Å². The van der Waals surface area contributed by atoms with Gasteiger partial charge < -0.3 is 5.32 Å². The fourth-order valence-electron chi connectivity index (χ4n) is 0.869. The molecular weight excluding hydrogens is 275 g/mol. The summed E-state index contributed by atoms with van der Waals surface area (Å²) in [6.07, 6.45) is 1.68. The van der Waals surface area contributed by atoms with Gasteiger partial charge in [-0.05, 0) is 23.5 Å². The molecular formula is C10H15IN2. The maximum absolute atomic E-state index is 3.84. The van der Waals surface area contributed by atoms with E-state index in [1.807, 2.05) is 23.1 Å². The number of anilines is 1. The average Bonchev–Trinajstić information content (AvgIpc) is 2.20. The molecule has 0 heterocycles. The summed E-state index contributed by atoms with van der Waals surface area (Å²) < 4.78 is 0. The van der Waals surface area contributed by atoms with Crippen LogP contribution < -0.4 is 5.32 Å². The van der Waals surface area contributed by atoms with Crippen molar-refractivity contribution in [3.8, 4) is 0 Å². The van der Waals surface area contributed by atoms with E-state index in [1.54, 1.807) is 13.4 Å². The number of aryl methyl sites for hydroxylation is 1. The second-order valence-corrected chi connectivity index (χ2v) is 2.35. The summed E-state index contributed by atoms with van der Waals surface area (Å²) in [5.41, 5.74) is 2.34. The SMILES string of the molecule is CI.CN=CNc1ccccc1C. The topological polar surface area (TPSA) is 24.4 Å². The van der Waals surface area contributed by atoms with Gasteiger partial charge in [-0.3, -0.25) is 4.99 Å². The van der Waals surface area contributed by atoms with Crippen LogP contribution in [-0.2, 0) is 0 Å². The highest BCUT2D eigenvalue weighted by Crippen LogP contribution is 2.11. The van der Waals surface area contributed by atoms with E-state index < -0.39 is 0 Å². The summed E-state index contributed by atoms with van der Waals surface area (Å²) in [6, 6.07) is 8.10. The molecule has 0 aliphatic rings. The Morgan fingerprint density at radius 3 is 2.46 bits per heavy atom. The molecule has 2 nitrogen and oxygen atoms in total. The summed E-state index contributed by atoms with van der Waals surface area (Å²) in [6.45, 7) is 2.06. The lowest BCUT2D eigenvalue weighted by molar-refractivity contribution is 1.43. The van der Waals surface area contributed by atoms with E-state index in [9.17, 15) is 0 Å². The highest BCUT2D eigenvalue weighted by molar-refractivity contribution is 14.1. The second-order valence-electron chi connectivity index (χ2n) is 2.35. The maximum atomic E-state index is 3.84. The Morgan fingerprint density at radius 1 is 1.31 bits per heavy atom. The third-order valence-electron chi connectivity index (χ3n) is 1.49. The van der Waals surface area contributed by atoms with Crippen molar-refractivity contribution in [2.75, 3.05) is 17.3 Å². The summed E-state index contributed by atoms with van der Waals surface area (Å²) in [5.74, 6) is 0. The van der Waals surface area contributed by atoms with Crippen LogP contribution in [0.3, 0.4) is 0 Å². The second kappa shape index (κ2) is 8.04. The number of nitrogens with one attached hydrogen (secondary N) is 1. The Kier molecular flexibility index (Phi) is 7.68. The van der Waals surface area contributed by atoms with Crippen LogP contribution in [0, 0.1) is 6.92 Å². The lowest BCUT2D eigenvalue weighted by Gasteiger charge is -2.02. The lowest BCUT2D eigenvalue weighted by atomic mass is 10.2. The molecule has 0 atom stereocenters. The third kappa shape index (κ3) is 4.87. The van der Waals surface area contributed by atoms with Crippen LogP contribution in [0.25, 0.3) is 0 Å². The summed E-state index contributed by atoms with van der Waals surface area (Å²) in [5, 5.41) is 3.07. The number of aliphatic imine (C=N–C) groups is 1. The zero-order valence-corrected chi connectivity index (χ0v) is 10.4. The lowest BCUT2D eigenvalue weighted by Crippen LogP contribution is -1.95. The molecule has 0 aliphatic carbocycles. The molecule has 72 valence electrons. The van der Waals surface area contributed by atoms with E-state index in [1.165, 1.54) is 5.56 Å². The van der Waals surface area contributed by atoms with Crippen molar-refractivity contribution in [2.24, 2.45) is 4.99 Å². The van der Waals surface area contributed by atoms with Crippen molar-refractivity contribution in [1.29, 1.82) is 0 Å². The Bertz CT molecular complexity index is 259. The Balaban J connectivity index is 0.000000671. The molecule has 1 rings (SSSR count). The molecule has 0 saturated heterocycles. The molecule has 0 aromatic heterocycles. The maximum Gasteiger partial charge on any atom is 0.0864 e. The standard InChI is InChI=1S/C9H12N2.CH3I/c1-8-5-3-4-6-9(8)11-7-10-2;1-2/h3-7H,1-2H3,(H,10,11);1H3. The van der Waals surface area contributed by atoms with Crippen LogP contribution in [0.15, 0.2) is 29.3 Å². The van der Waals surface area contributed by atoms with E-state index in [2.05, 4.69) is 45.9 Å². The first-order valence-corrected chi connectivity index (χ1v) is 6.11. The fourth-order valence-corrected chi connectivity index (χ4v) is 0.869. The van der Waals surface area contributed by atoms with E-state index in [0.717, 1.165) is 5.69 Å². The van der Waals surface area contributed by atoms with E-state index in [-0.39, 0.29) is 0 Å². The van der Waals surface area contributed by atoms with Gasteiger partial charge in [-0.1, -0.05) is 40.8 Å². The van der Waals surface area contributed by atoms with Crippen LogP contribution >= 0.6 is 22.6 Å². The van der Waals surface area contributed by atoms with E-state index in [0.29, 0.717) is 0 Å². The minimum Gasteiger partial charge on any atom is -0.347 e. The highest BCUT2D eigenvalue weighted by atomic mass is 127. The largest absolute Gasteiger partial charge is 0.347 e. The van der Waals surface area contributed by atoms with Crippen molar-refractivity contribution in [2.45, 2.75) is 6.92 Å². The van der Waals surface area contributed by atoms with Gasteiger partial charge in [0.15, 0.2) is 0 Å². The molecule has 0 amide bonds. The number of para-hydroxylation sites is 1. The van der Waals surface area contributed by atoms with Gasteiger partial charge in [0.2, 0.25) is 0 Å². The third-order valence-corrected chi connectivity index (χ3v) is 1.49. The quantitative estimate of drug-likeness (QED) is 0.385. The molecule has 0 unspecified atom stereocenters. The van der Waals surface area contributed by atoms with Gasteiger partial charge in [0.25, 0.3) is 0 Å². The van der Waals surface area contributed by atoms with Crippen molar-refractivity contribution in [1.82, 2.24) is 0 Å². The molecule has 0 saturated carbocycles. The molecule has 3 heteroatoms. The van der Waals surface area contributed by atoms with Gasteiger partial charge in [-0.25, -0.2) is 0 Å². The predicted octanol–water partition coefficient (Wildman–Crippen LogP) is 3.12. The molecule has 1 aromatic rings. The van der Waals surface area contributed by atoms with Crippen LogP contribution in [-0.4, -0.2) is 18.3 Å². The fraction of sp³-hybridized carbons (Fsp3) is 0.300. The number of rotatable bonds is 2. The Morgan fingerprint density at radius 2 is 1.92 bits per heavy atom.